The molecule has 0 aliphatic rings. The summed E-state index contributed by atoms with van der Waals surface area (Å²) in [4.78, 5) is 26.4. The molecule has 0 bridgehead atoms. The highest BCUT2D eigenvalue weighted by molar-refractivity contribution is 5.96. The first kappa shape index (κ1) is 26.0. The standard InChI is InChI=1S/C30H36N2O3/c1-4-5-6-7-11-17-28(33)32(3)21-25-20-24(23-14-9-8-10-15-23)18-19-27(25)31-29-22(2)13-12-16-26(29)30(34)35/h8-10,12-16,18-20,31H,4-7,11,17,21H2,1-3H3,(H,34,35). The molecular formula is C30H36N2O3. The number of benzene rings is 3. The number of carboxylic acid groups (broad SMARTS) is 1. The summed E-state index contributed by atoms with van der Waals surface area (Å²) >= 11 is 0. The van der Waals surface area contributed by atoms with Crippen molar-refractivity contribution in [3.63, 3.8) is 0 Å². The van der Waals surface area contributed by atoms with Crippen LogP contribution in [0.2, 0.25) is 0 Å². The monoisotopic (exact) mass is 472 g/mol. The van der Waals surface area contributed by atoms with E-state index in [1.54, 1.807) is 17.0 Å². The molecule has 0 atom stereocenters. The minimum atomic E-state index is -0.978. The van der Waals surface area contributed by atoms with Crippen LogP contribution in [-0.2, 0) is 11.3 Å². The van der Waals surface area contributed by atoms with Crippen LogP contribution in [0.1, 0.15) is 66.9 Å². The highest BCUT2D eigenvalue weighted by Crippen LogP contribution is 2.31. The molecule has 5 nitrogen and oxygen atoms in total. The Kier molecular flexibility index (Phi) is 9.47. The van der Waals surface area contributed by atoms with Gasteiger partial charge >= 0.3 is 5.97 Å². The predicted octanol–water partition coefficient (Wildman–Crippen LogP) is 7.42. The van der Waals surface area contributed by atoms with Gasteiger partial charge in [0.2, 0.25) is 5.91 Å². The normalized spacial score (nSPS) is 10.7. The number of nitrogens with zero attached hydrogens (tertiary/aromatic N) is 1. The zero-order valence-electron chi connectivity index (χ0n) is 21.0. The molecule has 1 amide bonds. The van der Waals surface area contributed by atoms with Crippen LogP contribution in [0, 0.1) is 6.92 Å². The Labute approximate surface area is 208 Å². The first-order chi connectivity index (χ1) is 16.9. The average molecular weight is 473 g/mol. The Bertz CT molecular complexity index is 1140. The van der Waals surface area contributed by atoms with Crippen molar-refractivity contribution < 1.29 is 14.7 Å². The van der Waals surface area contributed by atoms with Crippen molar-refractivity contribution in [2.75, 3.05) is 12.4 Å². The van der Waals surface area contributed by atoms with Crippen molar-refractivity contribution in [3.05, 3.63) is 83.4 Å². The fraction of sp³-hybridized carbons (Fsp3) is 0.333. The first-order valence-corrected chi connectivity index (χ1v) is 12.4. The average Bonchev–Trinajstić information content (AvgIpc) is 2.86. The summed E-state index contributed by atoms with van der Waals surface area (Å²) in [6, 6.07) is 21.4. The van der Waals surface area contributed by atoms with E-state index in [4.69, 9.17) is 0 Å². The summed E-state index contributed by atoms with van der Waals surface area (Å²) in [6.07, 6.45) is 6.10. The van der Waals surface area contributed by atoms with Crippen molar-refractivity contribution in [3.8, 4) is 11.1 Å². The molecule has 0 spiro atoms. The molecule has 0 saturated carbocycles. The molecular weight excluding hydrogens is 436 g/mol. The quantitative estimate of drug-likeness (QED) is 0.269. The summed E-state index contributed by atoms with van der Waals surface area (Å²) in [5, 5.41) is 13.1. The highest BCUT2D eigenvalue weighted by atomic mass is 16.4. The Morgan fingerprint density at radius 3 is 2.34 bits per heavy atom. The summed E-state index contributed by atoms with van der Waals surface area (Å²) in [5.74, 6) is -0.853. The van der Waals surface area contributed by atoms with Crippen molar-refractivity contribution >= 4 is 23.3 Å². The van der Waals surface area contributed by atoms with Gasteiger partial charge in [0.05, 0.1) is 11.3 Å². The second kappa shape index (κ2) is 12.7. The van der Waals surface area contributed by atoms with E-state index in [0.29, 0.717) is 18.7 Å². The van der Waals surface area contributed by atoms with E-state index in [-0.39, 0.29) is 11.5 Å². The van der Waals surface area contributed by atoms with Crippen LogP contribution in [0.5, 0.6) is 0 Å². The lowest BCUT2D eigenvalue weighted by molar-refractivity contribution is -0.130. The Balaban J connectivity index is 1.88. The molecule has 35 heavy (non-hydrogen) atoms. The maximum atomic E-state index is 12.8. The van der Waals surface area contributed by atoms with Gasteiger partial charge in [0.25, 0.3) is 0 Å². The van der Waals surface area contributed by atoms with Gasteiger partial charge in [0, 0.05) is 25.7 Å². The summed E-state index contributed by atoms with van der Waals surface area (Å²) in [5.41, 5.74) is 5.51. The maximum absolute atomic E-state index is 12.8. The molecule has 0 fully saturated rings. The molecule has 0 heterocycles. The molecule has 0 saturated heterocycles. The fourth-order valence-electron chi connectivity index (χ4n) is 4.22. The van der Waals surface area contributed by atoms with E-state index in [9.17, 15) is 14.7 Å². The molecule has 0 radical (unpaired) electrons. The lowest BCUT2D eigenvalue weighted by atomic mass is 10.0. The third-order valence-electron chi connectivity index (χ3n) is 6.30. The zero-order chi connectivity index (χ0) is 25.2. The molecule has 5 heteroatoms. The van der Waals surface area contributed by atoms with Gasteiger partial charge in [-0.15, -0.1) is 0 Å². The number of carbonyl (C=O) groups excluding carboxylic acids is 1. The molecule has 184 valence electrons. The van der Waals surface area contributed by atoms with Crippen molar-refractivity contribution in [2.45, 2.75) is 58.9 Å². The summed E-state index contributed by atoms with van der Waals surface area (Å²) in [6.45, 7) is 4.51. The molecule has 3 aromatic rings. The summed E-state index contributed by atoms with van der Waals surface area (Å²) < 4.78 is 0. The number of para-hydroxylation sites is 1. The number of anilines is 2. The summed E-state index contributed by atoms with van der Waals surface area (Å²) in [7, 11) is 1.84. The van der Waals surface area contributed by atoms with E-state index in [1.807, 2.05) is 50.4 Å². The molecule has 0 aliphatic carbocycles. The number of unbranched alkanes of at least 4 members (excludes halogenated alkanes) is 4. The molecule has 3 aromatic carbocycles. The number of aryl methyl sites for hydroxylation is 1. The molecule has 3 rings (SSSR count). The van der Waals surface area contributed by atoms with Crippen LogP contribution in [0.15, 0.2) is 66.7 Å². The van der Waals surface area contributed by atoms with Gasteiger partial charge in [-0.3, -0.25) is 4.79 Å². The lowest BCUT2D eigenvalue weighted by Gasteiger charge is -2.22. The first-order valence-electron chi connectivity index (χ1n) is 12.4. The maximum Gasteiger partial charge on any atom is 0.337 e. The van der Waals surface area contributed by atoms with E-state index < -0.39 is 5.97 Å². The minimum Gasteiger partial charge on any atom is -0.478 e. The Morgan fingerprint density at radius 1 is 0.886 bits per heavy atom. The molecule has 0 aromatic heterocycles. The molecule has 0 aliphatic heterocycles. The largest absolute Gasteiger partial charge is 0.478 e. The minimum absolute atomic E-state index is 0.125. The van der Waals surface area contributed by atoms with Gasteiger partial charge < -0.3 is 15.3 Å². The topological polar surface area (TPSA) is 69.6 Å². The third kappa shape index (κ3) is 7.19. The van der Waals surface area contributed by atoms with E-state index in [0.717, 1.165) is 40.8 Å². The van der Waals surface area contributed by atoms with Crippen molar-refractivity contribution in [1.82, 2.24) is 4.90 Å². The number of amides is 1. The van der Waals surface area contributed by atoms with Gasteiger partial charge in [0.15, 0.2) is 0 Å². The van der Waals surface area contributed by atoms with Gasteiger partial charge in [0.1, 0.15) is 0 Å². The van der Waals surface area contributed by atoms with Gasteiger partial charge in [-0.25, -0.2) is 4.79 Å². The van der Waals surface area contributed by atoms with Crippen LogP contribution < -0.4 is 5.32 Å². The second-order valence-electron chi connectivity index (χ2n) is 9.08. The van der Waals surface area contributed by atoms with Gasteiger partial charge in [-0.1, -0.05) is 81.1 Å². The lowest BCUT2D eigenvalue weighted by Crippen LogP contribution is -2.26. The number of hydrogen-bond acceptors (Lipinski definition) is 3. The number of nitrogens with one attached hydrogen (secondary N) is 1. The second-order valence-corrected chi connectivity index (χ2v) is 9.08. The van der Waals surface area contributed by atoms with Crippen LogP contribution in [0.4, 0.5) is 11.4 Å². The third-order valence-corrected chi connectivity index (χ3v) is 6.30. The van der Waals surface area contributed by atoms with E-state index in [2.05, 4.69) is 30.4 Å². The number of hydrogen-bond donors (Lipinski definition) is 2. The molecule has 0 unspecified atom stereocenters. The van der Waals surface area contributed by atoms with Gasteiger partial charge in [-0.05, 0) is 53.8 Å². The van der Waals surface area contributed by atoms with E-state index >= 15 is 0 Å². The highest BCUT2D eigenvalue weighted by Gasteiger charge is 2.16. The van der Waals surface area contributed by atoms with Crippen LogP contribution in [0.3, 0.4) is 0 Å². The zero-order valence-corrected chi connectivity index (χ0v) is 21.0. The number of rotatable bonds is 12. The Hall–Kier alpha value is -3.60. The van der Waals surface area contributed by atoms with E-state index in [1.165, 1.54) is 19.3 Å². The smallest absolute Gasteiger partial charge is 0.337 e. The predicted molar refractivity (Wildman–Crippen MR) is 143 cm³/mol. The van der Waals surface area contributed by atoms with Crippen LogP contribution >= 0.6 is 0 Å². The van der Waals surface area contributed by atoms with Crippen LogP contribution in [0.25, 0.3) is 11.1 Å². The number of carboxylic acids is 1. The van der Waals surface area contributed by atoms with Crippen molar-refractivity contribution in [1.29, 1.82) is 0 Å². The number of carbonyl (C=O) groups is 2. The fourth-order valence-corrected chi connectivity index (χ4v) is 4.22. The van der Waals surface area contributed by atoms with Crippen LogP contribution in [-0.4, -0.2) is 28.9 Å². The Morgan fingerprint density at radius 2 is 1.63 bits per heavy atom. The number of aromatic carboxylic acids is 1. The molecule has 2 N–H and O–H groups in total. The van der Waals surface area contributed by atoms with Gasteiger partial charge in [-0.2, -0.15) is 0 Å². The SMILES string of the molecule is CCCCCCCC(=O)N(C)Cc1cc(-c2ccccc2)ccc1Nc1c(C)cccc1C(=O)O. The van der Waals surface area contributed by atoms with Crippen molar-refractivity contribution in [2.24, 2.45) is 0 Å².